The molecule has 0 saturated heterocycles. The minimum atomic E-state index is -0.957. The van der Waals surface area contributed by atoms with Crippen LogP contribution in [-0.2, 0) is 13.0 Å². The molecule has 5 nitrogen and oxygen atoms in total. The second kappa shape index (κ2) is 5.25. The van der Waals surface area contributed by atoms with Crippen molar-refractivity contribution >= 4 is 17.0 Å². The first-order chi connectivity index (χ1) is 9.39. The Hall–Kier alpha value is -1.88. The monoisotopic (exact) mass is 276 g/mol. The minimum Gasteiger partial charge on any atom is -0.478 e. The molecule has 5 heteroatoms. The van der Waals surface area contributed by atoms with Gasteiger partial charge in [0.15, 0.2) is 0 Å². The van der Waals surface area contributed by atoms with Crippen molar-refractivity contribution in [2.45, 2.75) is 33.7 Å². The molecule has 1 heterocycles. The Balaban J connectivity index is 2.69. The van der Waals surface area contributed by atoms with Gasteiger partial charge in [0.05, 0.1) is 16.6 Å². The molecule has 0 aliphatic rings. The fraction of sp³-hybridized carbons (Fsp3) is 0.467. The number of aryl methyl sites for hydroxylation is 1. The lowest BCUT2D eigenvalue weighted by Crippen LogP contribution is -2.25. The second-order valence-corrected chi connectivity index (χ2v) is 5.77. The SMILES string of the molecule is CCc1nc2cccc(C(=O)O)c2n1CC(C)(C)CO. The quantitative estimate of drug-likeness (QED) is 0.878. The van der Waals surface area contributed by atoms with E-state index in [2.05, 4.69) is 4.98 Å². The summed E-state index contributed by atoms with van der Waals surface area (Å²) >= 11 is 0. The van der Waals surface area contributed by atoms with E-state index in [1.807, 2.05) is 31.4 Å². The Bertz CT molecular complexity index is 644. The van der Waals surface area contributed by atoms with E-state index < -0.39 is 5.97 Å². The summed E-state index contributed by atoms with van der Waals surface area (Å²) in [7, 11) is 0. The van der Waals surface area contributed by atoms with Crippen LogP contribution in [0.25, 0.3) is 11.0 Å². The number of hydrogen-bond donors (Lipinski definition) is 2. The maximum Gasteiger partial charge on any atom is 0.337 e. The van der Waals surface area contributed by atoms with E-state index in [-0.39, 0.29) is 17.6 Å². The summed E-state index contributed by atoms with van der Waals surface area (Å²) in [6.07, 6.45) is 0.718. The van der Waals surface area contributed by atoms with Crippen molar-refractivity contribution < 1.29 is 15.0 Å². The Kier molecular flexibility index (Phi) is 3.81. The minimum absolute atomic E-state index is 0.0328. The molecule has 0 saturated carbocycles. The first-order valence-corrected chi connectivity index (χ1v) is 6.72. The van der Waals surface area contributed by atoms with Gasteiger partial charge in [-0.1, -0.05) is 26.8 Å². The molecule has 0 fully saturated rings. The number of imidazole rings is 1. The van der Waals surface area contributed by atoms with E-state index in [1.165, 1.54) is 0 Å². The van der Waals surface area contributed by atoms with Crippen molar-refractivity contribution in [2.75, 3.05) is 6.61 Å². The number of hydrogen-bond acceptors (Lipinski definition) is 3. The van der Waals surface area contributed by atoms with Gasteiger partial charge in [-0.15, -0.1) is 0 Å². The number of benzene rings is 1. The van der Waals surface area contributed by atoms with E-state index in [1.54, 1.807) is 12.1 Å². The average Bonchev–Trinajstić information content (AvgIpc) is 2.76. The van der Waals surface area contributed by atoms with Crippen LogP contribution in [0.3, 0.4) is 0 Å². The van der Waals surface area contributed by atoms with Crippen molar-refractivity contribution in [3.05, 3.63) is 29.6 Å². The first kappa shape index (κ1) is 14.5. The molecule has 0 radical (unpaired) electrons. The standard InChI is InChI=1S/C15H20N2O3/c1-4-12-16-11-7-5-6-10(14(19)20)13(11)17(12)8-15(2,3)9-18/h5-7,18H,4,8-9H2,1-3H3,(H,19,20). The van der Waals surface area contributed by atoms with Gasteiger partial charge in [-0.2, -0.15) is 0 Å². The molecule has 2 N–H and O–H groups in total. The van der Waals surface area contributed by atoms with Crippen LogP contribution in [0.15, 0.2) is 18.2 Å². The highest BCUT2D eigenvalue weighted by molar-refractivity contribution is 6.01. The third-order valence-corrected chi connectivity index (χ3v) is 3.41. The smallest absolute Gasteiger partial charge is 0.337 e. The number of aliphatic hydroxyl groups is 1. The molecular weight excluding hydrogens is 256 g/mol. The number of carboxylic acid groups (broad SMARTS) is 1. The van der Waals surface area contributed by atoms with Gasteiger partial charge in [0.1, 0.15) is 5.82 Å². The lowest BCUT2D eigenvalue weighted by atomic mass is 9.94. The Morgan fingerprint density at radius 1 is 1.40 bits per heavy atom. The van der Waals surface area contributed by atoms with Crippen molar-refractivity contribution in [3.8, 4) is 0 Å². The van der Waals surface area contributed by atoms with Crippen LogP contribution in [0.5, 0.6) is 0 Å². The maximum atomic E-state index is 11.4. The van der Waals surface area contributed by atoms with Crippen molar-refractivity contribution in [1.82, 2.24) is 9.55 Å². The highest BCUT2D eigenvalue weighted by Gasteiger charge is 2.23. The third-order valence-electron chi connectivity index (χ3n) is 3.41. The maximum absolute atomic E-state index is 11.4. The predicted octanol–water partition coefficient (Wildman–Crippen LogP) is 2.32. The second-order valence-electron chi connectivity index (χ2n) is 5.77. The lowest BCUT2D eigenvalue weighted by Gasteiger charge is -2.24. The molecule has 108 valence electrons. The fourth-order valence-electron chi connectivity index (χ4n) is 2.32. The molecule has 0 spiro atoms. The Morgan fingerprint density at radius 2 is 2.10 bits per heavy atom. The van der Waals surface area contributed by atoms with E-state index in [4.69, 9.17) is 0 Å². The molecular formula is C15H20N2O3. The molecule has 0 unspecified atom stereocenters. The predicted molar refractivity (Wildman–Crippen MR) is 76.9 cm³/mol. The molecule has 1 aromatic carbocycles. The number of rotatable bonds is 5. The number of aliphatic hydroxyl groups excluding tert-OH is 1. The van der Waals surface area contributed by atoms with E-state index in [9.17, 15) is 15.0 Å². The van der Waals surface area contributed by atoms with Crippen molar-refractivity contribution in [3.63, 3.8) is 0 Å². The average molecular weight is 276 g/mol. The highest BCUT2D eigenvalue weighted by Crippen LogP contribution is 2.26. The summed E-state index contributed by atoms with van der Waals surface area (Å²) in [5.74, 6) is -0.114. The summed E-state index contributed by atoms with van der Waals surface area (Å²) < 4.78 is 1.93. The zero-order valence-corrected chi connectivity index (χ0v) is 12.1. The number of fused-ring (bicyclic) bond motifs is 1. The van der Waals surface area contributed by atoms with Crippen LogP contribution >= 0.6 is 0 Å². The van der Waals surface area contributed by atoms with Crippen LogP contribution in [0.1, 0.15) is 37.0 Å². The van der Waals surface area contributed by atoms with Crippen LogP contribution in [0.4, 0.5) is 0 Å². The topological polar surface area (TPSA) is 75.3 Å². The van der Waals surface area contributed by atoms with E-state index in [0.29, 0.717) is 17.6 Å². The number of para-hydroxylation sites is 1. The van der Waals surface area contributed by atoms with Gasteiger partial charge in [0.2, 0.25) is 0 Å². The third kappa shape index (κ3) is 2.54. The van der Waals surface area contributed by atoms with Crippen molar-refractivity contribution in [2.24, 2.45) is 5.41 Å². The van der Waals surface area contributed by atoms with Crippen LogP contribution in [-0.4, -0.2) is 32.3 Å². The number of nitrogens with zero attached hydrogens (tertiary/aromatic N) is 2. The molecule has 0 atom stereocenters. The van der Waals surface area contributed by atoms with Crippen molar-refractivity contribution in [1.29, 1.82) is 0 Å². The molecule has 0 bridgehead atoms. The summed E-state index contributed by atoms with van der Waals surface area (Å²) in [5, 5.41) is 18.8. The van der Waals surface area contributed by atoms with Gasteiger partial charge in [-0.3, -0.25) is 0 Å². The summed E-state index contributed by atoms with van der Waals surface area (Å²) in [4.78, 5) is 15.9. The van der Waals surface area contributed by atoms with Gasteiger partial charge < -0.3 is 14.8 Å². The fourth-order valence-corrected chi connectivity index (χ4v) is 2.32. The number of aromatic carboxylic acids is 1. The van der Waals surface area contributed by atoms with Gasteiger partial charge in [0.25, 0.3) is 0 Å². The van der Waals surface area contributed by atoms with E-state index in [0.717, 1.165) is 12.2 Å². The normalized spacial score (nSPS) is 12.0. The Morgan fingerprint density at radius 3 is 2.65 bits per heavy atom. The summed E-state index contributed by atoms with van der Waals surface area (Å²) in [5.41, 5.74) is 1.25. The van der Waals surface area contributed by atoms with Gasteiger partial charge in [-0.05, 0) is 12.1 Å². The van der Waals surface area contributed by atoms with Crippen LogP contribution in [0, 0.1) is 5.41 Å². The number of carboxylic acids is 1. The van der Waals surface area contributed by atoms with Gasteiger partial charge in [-0.25, -0.2) is 9.78 Å². The highest BCUT2D eigenvalue weighted by atomic mass is 16.4. The van der Waals surface area contributed by atoms with E-state index >= 15 is 0 Å². The van der Waals surface area contributed by atoms with Gasteiger partial charge in [0, 0.05) is 25.0 Å². The molecule has 20 heavy (non-hydrogen) atoms. The summed E-state index contributed by atoms with van der Waals surface area (Å²) in [6.45, 7) is 6.45. The zero-order valence-electron chi connectivity index (χ0n) is 12.1. The molecule has 2 aromatic rings. The van der Waals surface area contributed by atoms with Crippen LogP contribution < -0.4 is 0 Å². The molecule has 2 rings (SSSR count). The molecule has 0 amide bonds. The zero-order chi connectivity index (χ0) is 14.9. The lowest BCUT2D eigenvalue weighted by molar-refractivity contribution is 0.0698. The Labute approximate surface area is 117 Å². The molecule has 1 aromatic heterocycles. The molecule has 0 aliphatic heterocycles. The summed E-state index contributed by atoms with van der Waals surface area (Å²) in [6, 6.07) is 5.12. The number of aromatic nitrogens is 2. The molecule has 0 aliphatic carbocycles. The number of carbonyl (C=O) groups is 1. The largest absolute Gasteiger partial charge is 0.478 e. The van der Waals surface area contributed by atoms with Gasteiger partial charge >= 0.3 is 5.97 Å². The van der Waals surface area contributed by atoms with Crippen LogP contribution in [0.2, 0.25) is 0 Å². The first-order valence-electron chi connectivity index (χ1n) is 6.72.